The van der Waals surface area contributed by atoms with Gasteiger partial charge in [-0.1, -0.05) is 30.3 Å². The lowest BCUT2D eigenvalue weighted by Gasteiger charge is -2.25. The van der Waals surface area contributed by atoms with Gasteiger partial charge in [-0.3, -0.25) is 13.9 Å². The topological polar surface area (TPSA) is 97.5 Å². The lowest BCUT2D eigenvalue weighted by molar-refractivity contribution is -0.118. The summed E-state index contributed by atoms with van der Waals surface area (Å²) in [7, 11) is -4.02. The molecule has 2 N–H and O–H groups in total. The number of fused-ring (bicyclic) bond motifs is 1. The Morgan fingerprint density at radius 2 is 1.83 bits per heavy atom. The Balaban J connectivity index is 2.16. The highest BCUT2D eigenvalue weighted by Gasteiger charge is 2.41. The van der Waals surface area contributed by atoms with E-state index in [1.54, 1.807) is 30.3 Å². The molecule has 0 saturated heterocycles. The van der Waals surface area contributed by atoms with Crippen molar-refractivity contribution < 1.29 is 18.0 Å². The first-order chi connectivity index (χ1) is 11.3. The smallest absolute Gasteiger partial charge is 0.265 e. The summed E-state index contributed by atoms with van der Waals surface area (Å²) in [6.07, 6.45) is 0.233. The van der Waals surface area contributed by atoms with Crippen LogP contribution < -0.4 is 10.0 Å². The second-order valence-electron chi connectivity index (χ2n) is 5.64. The summed E-state index contributed by atoms with van der Waals surface area (Å²) >= 11 is 0. The van der Waals surface area contributed by atoms with Crippen LogP contribution in [0.5, 0.6) is 0 Å². The molecule has 1 aliphatic rings. The van der Waals surface area contributed by atoms with Gasteiger partial charge in [-0.25, -0.2) is 8.42 Å². The molecule has 0 spiro atoms. The van der Waals surface area contributed by atoms with Crippen LogP contribution in [0.1, 0.15) is 22.8 Å². The molecule has 24 heavy (non-hydrogen) atoms. The maximum absolute atomic E-state index is 13.1. The van der Waals surface area contributed by atoms with Crippen LogP contribution in [0.25, 0.3) is 0 Å². The zero-order valence-electron chi connectivity index (χ0n) is 13.0. The Bertz CT molecular complexity index is 937. The van der Waals surface area contributed by atoms with Crippen LogP contribution in [0.4, 0.5) is 5.69 Å². The van der Waals surface area contributed by atoms with E-state index in [0.717, 1.165) is 9.87 Å². The molecule has 0 radical (unpaired) electrons. The average Bonchev–Trinajstić information content (AvgIpc) is 2.95. The average molecular weight is 344 g/mol. The number of carbonyl (C=O) groups excluding carboxylic acids is 2. The van der Waals surface area contributed by atoms with E-state index in [4.69, 9.17) is 5.73 Å². The minimum absolute atomic E-state index is 0.0434. The number of sulfonamides is 1. The minimum atomic E-state index is -4.02. The van der Waals surface area contributed by atoms with Gasteiger partial charge in [-0.15, -0.1) is 0 Å². The number of Topliss-reactive ketones (excluding diaryl/α,β-unsaturated/α-hetero) is 1. The first-order valence-corrected chi connectivity index (χ1v) is 8.79. The molecule has 124 valence electrons. The number of nitrogens with two attached hydrogens (primary N) is 1. The molecule has 1 atom stereocenters. The maximum Gasteiger partial charge on any atom is 0.265 e. The monoisotopic (exact) mass is 344 g/mol. The second-order valence-corrected chi connectivity index (χ2v) is 7.45. The van der Waals surface area contributed by atoms with Crippen molar-refractivity contribution in [3.8, 4) is 0 Å². The number of hydrogen-bond acceptors (Lipinski definition) is 4. The van der Waals surface area contributed by atoms with Crippen molar-refractivity contribution in [2.45, 2.75) is 24.3 Å². The van der Waals surface area contributed by atoms with Crippen molar-refractivity contribution >= 4 is 27.4 Å². The van der Waals surface area contributed by atoms with Gasteiger partial charge in [-0.05, 0) is 30.7 Å². The Morgan fingerprint density at radius 1 is 1.12 bits per heavy atom. The Morgan fingerprint density at radius 3 is 2.50 bits per heavy atom. The van der Waals surface area contributed by atoms with Crippen molar-refractivity contribution in [2.75, 3.05) is 4.31 Å². The summed E-state index contributed by atoms with van der Waals surface area (Å²) in [5, 5.41) is 0. The summed E-state index contributed by atoms with van der Waals surface area (Å²) in [5.74, 6) is -0.946. The molecule has 1 heterocycles. The molecule has 1 aliphatic heterocycles. The van der Waals surface area contributed by atoms with E-state index in [0.29, 0.717) is 11.3 Å². The quantitative estimate of drug-likeness (QED) is 0.850. The summed E-state index contributed by atoms with van der Waals surface area (Å²) in [5.41, 5.74) is 6.89. The molecular formula is C17H16N2O4S. The van der Waals surface area contributed by atoms with Crippen molar-refractivity contribution in [2.24, 2.45) is 5.73 Å². The molecule has 2 aromatic rings. The normalized spacial score (nSPS) is 16.7. The fourth-order valence-electron chi connectivity index (χ4n) is 2.86. The number of nitrogens with zero attached hydrogens (tertiary/aromatic N) is 1. The second kappa shape index (κ2) is 5.76. The number of amides is 1. The number of anilines is 1. The number of rotatable bonds is 4. The molecule has 0 fully saturated rings. The summed E-state index contributed by atoms with van der Waals surface area (Å²) in [6.45, 7) is 1.36. The van der Waals surface area contributed by atoms with E-state index < -0.39 is 22.0 Å². The molecule has 3 rings (SSSR count). The fourth-order valence-corrected chi connectivity index (χ4v) is 4.56. The van der Waals surface area contributed by atoms with E-state index in [9.17, 15) is 18.0 Å². The minimum Gasteiger partial charge on any atom is -0.368 e. The van der Waals surface area contributed by atoms with Crippen LogP contribution in [0.15, 0.2) is 53.4 Å². The van der Waals surface area contributed by atoms with E-state index in [1.165, 1.54) is 25.1 Å². The Kier molecular flexibility index (Phi) is 3.88. The lowest BCUT2D eigenvalue weighted by Crippen LogP contribution is -2.46. The zero-order valence-corrected chi connectivity index (χ0v) is 13.8. The van der Waals surface area contributed by atoms with Gasteiger partial charge in [0.15, 0.2) is 5.78 Å². The molecule has 0 bridgehead atoms. The van der Waals surface area contributed by atoms with Crippen LogP contribution in [0, 0.1) is 0 Å². The van der Waals surface area contributed by atoms with Crippen LogP contribution in [-0.4, -0.2) is 26.2 Å². The predicted molar refractivity (Wildman–Crippen MR) is 89.2 cm³/mol. The first kappa shape index (κ1) is 16.2. The zero-order chi connectivity index (χ0) is 17.5. The highest BCUT2D eigenvalue weighted by Crippen LogP contribution is 2.36. The van der Waals surface area contributed by atoms with Gasteiger partial charge >= 0.3 is 0 Å². The van der Waals surface area contributed by atoms with Crippen molar-refractivity contribution in [3.05, 3.63) is 59.7 Å². The largest absolute Gasteiger partial charge is 0.368 e. The highest BCUT2D eigenvalue weighted by atomic mass is 32.2. The van der Waals surface area contributed by atoms with Gasteiger partial charge < -0.3 is 5.73 Å². The SMILES string of the molecule is CC(=O)c1cccc(S(=O)(=O)N2c3ccccc3C[C@H]2C(N)=O)c1. The molecular weight excluding hydrogens is 328 g/mol. The molecule has 6 nitrogen and oxygen atoms in total. The van der Waals surface area contributed by atoms with Crippen LogP contribution in [0.2, 0.25) is 0 Å². The molecule has 0 aliphatic carbocycles. The van der Waals surface area contributed by atoms with Crippen molar-refractivity contribution in [1.82, 2.24) is 0 Å². The molecule has 0 unspecified atom stereocenters. The maximum atomic E-state index is 13.1. The van der Waals surface area contributed by atoms with Crippen LogP contribution in [-0.2, 0) is 21.2 Å². The van der Waals surface area contributed by atoms with Gasteiger partial charge in [0.25, 0.3) is 10.0 Å². The molecule has 7 heteroatoms. The van der Waals surface area contributed by atoms with E-state index >= 15 is 0 Å². The third-order valence-corrected chi connectivity index (χ3v) is 5.87. The summed E-state index contributed by atoms with van der Waals surface area (Å²) in [4.78, 5) is 23.3. The highest BCUT2D eigenvalue weighted by molar-refractivity contribution is 7.93. The first-order valence-electron chi connectivity index (χ1n) is 7.35. The van der Waals surface area contributed by atoms with Gasteiger partial charge in [0, 0.05) is 12.0 Å². The van der Waals surface area contributed by atoms with Crippen molar-refractivity contribution in [3.63, 3.8) is 0 Å². The van der Waals surface area contributed by atoms with Crippen molar-refractivity contribution in [1.29, 1.82) is 0 Å². The van der Waals surface area contributed by atoms with Gasteiger partial charge in [0.1, 0.15) is 6.04 Å². The van der Waals surface area contributed by atoms with Gasteiger partial charge in [-0.2, -0.15) is 0 Å². The molecule has 0 aromatic heterocycles. The van der Waals surface area contributed by atoms with Crippen LogP contribution in [0.3, 0.4) is 0 Å². The molecule has 1 amide bonds. The molecule has 2 aromatic carbocycles. The third kappa shape index (κ3) is 2.56. The molecule has 0 saturated carbocycles. The number of ketones is 1. The van der Waals surface area contributed by atoms with Gasteiger partial charge in [0.2, 0.25) is 5.91 Å². The standard InChI is InChI=1S/C17H16N2O4S/c1-11(20)12-6-4-7-14(9-12)24(22,23)19-15-8-3-2-5-13(15)10-16(19)17(18)21/h2-9,16H,10H2,1H3,(H2,18,21)/t16-/m0/s1. The number of primary amides is 1. The van der Waals surface area contributed by atoms with E-state index in [1.807, 2.05) is 0 Å². The Labute approximate surface area is 139 Å². The van der Waals surface area contributed by atoms with Gasteiger partial charge in [0.05, 0.1) is 10.6 Å². The number of benzene rings is 2. The number of para-hydroxylation sites is 1. The van der Waals surface area contributed by atoms with Crippen LogP contribution >= 0.6 is 0 Å². The summed E-state index contributed by atoms with van der Waals surface area (Å²) in [6, 6.07) is 11.7. The lowest BCUT2D eigenvalue weighted by atomic mass is 10.1. The number of carbonyl (C=O) groups is 2. The van der Waals surface area contributed by atoms with E-state index in [2.05, 4.69) is 0 Å². The summed E-state index contributed by atoms with van der Waals surface area (Å²) < 4.78 is 27.2. The third-order valence-electron chi connectivity index (χ3n) is 4.05. The van der Waals surface area contributed by atoms with E-state index in [-0.39, 0.29) is 17.1 Å². The fraction of sp³-hybridized carbons (Fsp3) is 0.176. The Hall–Kier alpha value is -2.67. The predicted octanol–water partition coefficient (Wildman–Crippen LogP) is 1.49. The number of hydrogen-bond donors (Lipinski definition) is 1.